The molecule has 0 bridgehead atoms. The second-order valence-corrected chi connectivity index (χ2v) is 6.40. The molecule has 1 aromatic heterocycles. The minimum Gasteiger partial charge on any atom is -0.454 e. The van der Waals surface area contributed by atoms with Crippen LogP contribution >= 0.6 is 11.8 Å². The van der Waals surface area contributed by atoms with Crippen LogP contribution in [0, 0.1) is 0 Å². The van der Waals surface area contributed by atoms with Gasteiger partial charge in [0, 0.05) is 10.5 Å². The molecule has 0 N–H and O–H groups in total. The maximum atomic E-state index is 12.1. The third-order valence-electron chi connectivity index (χ3n) is 3.75. The summed E-state index contributed by atoms with van der Waals surface area (Å²) >= 11 is 1.60. The van der Waals surface area contributed by atoms with Crippen LogP contribution in [0.25, 0.3) is 0 Å². The van der Waals surface area contributed by atoms with Gasteiger partial charge in [-0.1, -0.05) is 24.3 Å². The number of aromatic nitrogens is 3. The van der Waals surface area contributed by atoms with Gasteiger partial charge in [-0.2, -0.15) is 5.10 Å². The lowest BCUT2D eigenvalue weighted by Crippen LogP contribution is -2.14. The molecule has 0 amide bonds. The van der Waals surface area contributed by atoms with E-state index in [2.05, 4.69) is 10.1 Å². The number of hydrogen-bond acceptors (Lipinski definition) is 6. The molecule has 0 saturated carbocycles. The molecule has 0 spiro atoms. The first kappa shape index (κ1) is 17.9. The van der Waals surface area contributed by atoms with Gasteiger partial charge in [0.2, 0.25) is 0 Å². The Balaban J connectivity index is 1.54. The highest BCUT2D eigenvalue weighted by Gasteiger charge is 2.12. The van der Waals surface area contributed by atoms with Crippen LogP contribution in [0.15, 0.2) is 66.1 Å². The second-order valence-electron chi connectivity index (χ2n) is 5.52. The van der Waals surface area contributed by atoms with Gasteiger partial charge < -0.3 is 4.74 Å². The molecule has 0 unspecified atom stereocenters. The van der Waals surface area contributed by atoms with Crippen LogP contribution in [0.2, 0.25) is 0 Å². The van der Waals surface area contributed by atoms with Crippen molar-refractivity contribution in [1.29, 1.82) is 0 Å². The highest BCUT2D eigenvalue weighted by Crippen LogP contribution is 2.15. The minimum absolute atomic E-state index is 0.228. The molecule has 0 saturated heterocycles. The van der Waals surface area contributed by atoms with Crippen molar-refractivity contribution in [3.05, 3.63) is 77.9 Å². The van der Waals surface area contributed by atoms with E-state index in [-0.39, 0.29) is 12.4 Å². The lowest BCUT2D eigenvalue weighted by Gasteiger charge is -2.06. The first-order valence-electron chi connectivity index (χ1n) is 7.91. The van der Waals surface area contributed by atoms with Gasteiger partial charge in [0.25, 0.3) is 0 Å². The predicted molar refractivity (Wildman–Crippen MR) is 98.4 cm³/mol. The Morgan fingerprint density at radius 3 is 2.35 bits per heavy atom. The van der Waals surface area contributed by atoms with E-state index in [0.29, 0.717) is 17.7 Å². The zero-order chi connectivity index (χ0) is 18.4. The van der Waals surface area contributed by atoms with Gasteiger partial charge in [-0.05, 0) is 36.1 Å². The number of thioether (sulfide) groups is 1. The molecule has 6 nitrogen and oxygen atoms in total. The molecule has 1 heterocycles. The summed E-state index contributed by atoms with van der Waals surface area (Å²) in [5.41, 5.74) is 1.91. The molecule has 0 aliphatic heterocycles. The van der Waals surface area contributed by atoms with Crippen LogP contribution in [0.1, 0.15) is 26.3 Å². The fraction of sp³-hybridized carbons (Fsp3) is 0.158. The number of Topliss-reactive ketones (excluding diaryl/α,β-unsaturated/α-hetero) is 1. The van der Waals surface area contributed by atoms with Crippen molar-refractivity contribution in [2.75, 3.05) is 12.9 Å². The van der Waals surface area contributed by atoms with Gasteiger partial charge >= 0.3 is 5.97 Å². The zero-order valence-corrected chi connectivity index (χ0v) is 15.0. The van der Waals surface area contributed by atoms with Crippen LogP contribution in [-0.2, 0) is 11.3 Å². The van der Waals surface area contributed by atoms with Gasteiger partial charge in [0.1, 0.15) is 12.7 Å². The summed E-state index contributed by atoms with van der Waals surface area (Å²) < 4.78 is 6.81. The average Bonchev–Trinajstić information content (AvgIpc) is 3.19. The molecule has 0 fully saturated rings. The number of rotatable bonds is 7. The Kier molecular flexibility index (Phi) is 5.80. The van der Waals surface area contributed by atoms with Gasteiger partial charge in [-0.3, -0.25) is 4.79 Å². The second kappa shape index (κ2) is 8.44. The topological polar surface area (TPSA) is 74.1 Å². The maximum Gasteiger partial charge on any atom is 0.338 e. The van der Waals surface area contributed by atoms with Crippen LogP contribution in [0.4, 0.5) is 0 Å². The largest absolute Gasteiger partial charge is 0.454 e. The smallest absolute Gasteiger partial charge is 0.338 e. The molecule has 0 radical (unpaired) electrons. The average molecular weight is 367 g/mol. The fourth-order valence-corrected chi connectivity index (χ4v) is 2.73. The quantitative estimate of drug-likeness (QED) is 0.363. The third-order valence-corrected chi connectivity index (χ3v) is 4.49. The summed E-state index contributed by atoms with van der Waals surface area (Å²) in [6, 6.07) is 14.2. The highest BCUT2D eigenvalue weighted by molar-refractivity contribution is 7.98. The van der Waals surface area contributed by atoms with E-state index in [1.54, 1.807) is 47.0 Å². The molecule has 2 aromatic carbocycles. The number of carbonyl (C=O) groups is 2. The molecule has 132 valence electrons. The minimum atomic E-state index is -0.522. The van der Waals surface area contributed by atoms with Crippen molar-refractivity contribution in [3.63, 3.8) is 0 Å². The lowest BCUT2D eigenvalue weighted by molar-refractivity contribution is 0.0474. The van der Waals surface area contributed by atoms with E-state index >= 15 is 0 Å². The van der Waals surface area contributed by atoms with E-state index < -0.39 is 5.97 Å². The van der Waals surface area contributed by atoms with Gasteiger partial charge in [-0.15, -0.1) is 11.8 Å². The molecular weight excluding hydrogens is 350 g/mol. The van der Waals surface area contributed by atoms with E-state index in [9.17, 15) is 9.59 Å². The summed E-state index contributed by atoms with van der Waals surface area (Å²) in [7, 11) is 0. The zero-order valence-electron chi connectivity index (χ0n) is 14.2. The van der Waals surface area contributed by atoms with Crippen molar-refractivity contribution in [2.45, 2.75) is 11.4 Å². The third kappa shape index (κ3) is 4.58. The Labute approximate surface area is 155 Å². The summed E-state index contributed by atoms with van der Waals surface area (Å²) in [5, 5.41) is 4.03. The number of nitrogens with zero attached hydrogens (tertiary/aromatic N) is 3. The number of hydrogen-bond donors (Lipinski definition) is 0. The van der Waals surface area contributed by atoms with Gasteiger partial charge in [0.05, 0.1) is 12.1 Å². The first-order chi connectivity index (χ1) is 12.7. The van der Waals surface area contributed by atoms with Crippen molar-refractivity contribution in [3.8, 4) is 0 Å². The van der Waals surface area contributed by atoms with E-state index in [4.69, 9.17) is 4.74 Å². The number of ether oxygens (including phenoxy) is 1. The monoisotopic (exact) mass is 367 g/mol. The van der Waals surface area contributed by atoms with Crippen LogP contribution in [0.3, 0.4) is 0 Å². The molecule has 3 rings (SSSR count). The molecule has 3 aromatic rings. The standard InChI is InChI=1S/C19H17N3O3S/c1-26-17-8-6-15(7-9-17)18(23)11-25-19(24)16-4-2-14(3-5-16)10-22-13-20-12-21-22/h2-9,12-13H,10-11H2,1H3. The Bertz CT molecular complexity index is 875. The summed E-state index contributed by atoms with van der Waals surface area (Å²) in [6.45, 7) is 0.290. The number of esters is 1. The van der Waals surface area contributed by atoms with E-state index in [1.807, 2.05) is 30.5 Å². The maximum absolute atomic E-state index is 12.1. The highest BCUT2D eigenvalue weighted by atomic mass is 32.2. The molecule has 7 heteroatoms. The Morgan fingerprint density at radius 2 is 1.73 bits per heavy atom. The molecule has 0 atom stereocenters. The van der Waals surface area contributed by atoms with Gasteiger partial charge in [-0.25, -0.2) is 14.5 Å². The normalized spacial score (nSPS) is 10.5. The van der Waals surface area contributed by atoms with Crippen LogP contribution < -0.4 is 0 Å². The van der Waals surface area contributed by atoms with E-state index in [0.717, 1.165) is 10.5 Å². The van der Waals surface area contributed by atoms with Gasteiger partial charge in [0.15, 0.2) is 12.4 Å². The Hall–Kier alpha value is -2.93. The van der Waals surface area contributed by atoms with Crippen molar-refractivity contribution in [2.24, 2.45) is 0 Å². The molecule has 0 aliphatic rings. The number of ketones is 1. The van der Waals surface area contributed by atoms with Crippen molar-refractivity contribution >= 4 is 23.5 Å². The number of benzene rings is 2. The fourth-order valence-electron chi connectivity index (χ4n) is 2.32. The predicted octanol–water partition coefficient (Wildman–Crippen LogP) is 3.09. The number of carbonyl (C=O) groups excluding carboxylic acids is 2. The molecule has 0 aliphatic carbocycles. The first-order valence-corrected chi connectivity index (χ1v) is 9.14. The summed E-state index contributed by atoms with van der Waals surface area (Å²) in [5.74, 6) is -0.750. The summed E-state index contributed by atoms with van der Waals surface area (Å²) in [4.78, 5) is 29.2. The lowest BCUT2D eigenvalue weighted by atomic mass is 10.1. The van der Waals surface area contributed by atoms with Crippen LogP contribution in [-0.4, -0.2) is 39.4 Å². The van der Waals surface area contributed by atoms with Crippen molar-refractivity contribution < 1.29 is 14.3 Å². The van der Waals surface area contributed by atoms with Crippen molar-refractivity contribution in [1.82, 2.24) is 14.8 Å². The van der Waals surface area contributed by atoms with E-state index in [1.165, 1.54) is 6.33 Å². The molecule has 26 heavy (non-hydrogen) atoms. The summed E-state index contributed by atoms with van der Waals surface area (Å²) in [6.07, 6.45) is 5.06. The SMILES string of the molecule is CSc1ccc(C(=O)COC(=O)c2ccc(Cn3cncn3)cc2)cc1. The van der Waals surface area contributed by atoms with Crippen LogP contribution in [0.5, 0.6) is 0 Å². The Morgan fingerprint density at radius 1 is 1.04 bits per heavy atom. The molecular formula is C19H17N3O3S.